The van der Waals surface area contributed by atoms with E-state index in [1.165, 1.54) is 5.56 Å². The van der Waals surface area contributed by atoms with E-state index in [0.29, 0.717) is 6.61 Å². The van der Waals surface area contributed by atoms with Gasteiger partial charge >= 0.3 is 0 Å². The minimum absolute atomic E-state index is 0.157. The smallest absolute Gasteiger partial charge is 0.219 e. The first-order valence-corrected chi connectivity index (χ1v) is 7.91. The van der Waals surface area contributed by atoms with Crippen LogP contribution in [-0.4, -0.2) is 55.6 Å². The van der Waals surface area contributed by atoms with Crippen LogP contribution in [0.3, 0.4) is 0 Å². The lowest BCUT2D eigenvalue weighted by molar-refractivity contribution is -0.130. The van der Waals surface area contributed by atoms with E-state index in [2.05, 4.69) is 17.5 Å². The van der Waals surface area contributed by atoms with Gasteiger partial charge in [0.25, 0.3) is 0 Å². The summed E-state index contributed by atoms with van der Waals surface area (Å²) in [4.78, 5) is 15.6. The van der Waals surface area contributed by atoms with Crippen LogP contribution in [0.1, 0.15) is 19.4 Å². The fourth-order valence-corrected chi connectivity index (χ4v) is 2.61. The molecule has 0 saturated carbocycles. The Kier molecular flexibility index (Phi) is 6.04. The summed E-state index contributed by atoms with van der Waals surface area (Å²) < 4.78 is 11.1. The van der Waals surface area contributed by atoms with Gasteiger partial charge in [0.1, 0.15) is 6.61 Å². The number of piperazine rings is 1. The standard InChI is InChI=1S/C18H26N2O3/c1-14(2)13-23-18-11-16(5-6-17(18)22-4)12-19-7-9-20(10-8-19)15(3)21/h5-6,11H,1,7-10,12-13H2,2-4H3. The Labute approximate surface area is 138 Å². The first-order valence-electron chi connectivity index (χ1n) is 7.91. The van der Waals surface area contributed by atoms with E-state index in [9.17, 15) is 4.79 Å². The van der Waals surface area contributed by atoms with Gasteiger partial charge in [0.05, 0.1) is 7.11 Å². The molecule has 1 aromatic carbocycles. The third-order valence-electron chi connectivity index (χ3n) is 3.93. The molecule has 0 unspecified atom stereocenters. The molecule has 1 amide bonds. The van der Waals surface area contributed by atoms with Crippen molar-refractivity contribution in [1.82, 2.24) is 9.80 Å². The first kappa shape index (κ1) is 17.3. The number of rotatable bonds is 6. The Morgan fingerprint density at radius 3 is 2.43 bits per heavy atom. The van der Waals surface area contributed by atoms with Crippen LogP contribution in [0.4, 0.5) is 0 Å². The third-order valence-corrected chi connectivity index (χ3v) is 3.93. The number of methoxy groups -OCH3 is 1. The molecule has 5 nitrogen and oxygen atoms in total. The van der Waals surface area contributed by atoms with Crippen molar-refractivity contribution in [3.8, 4) is 11.5 Å². The van der Waals surface area contributed by atoms with E-state index in [4.69, 9.17) is 9.47 Å². The third kappa shape index (κ3) is 4.99. The molecule has 1 aromatic rings. The molecule has 1 aliphatic heterocycles. The van der Waals surface area contributed by atoms with Crippen molar-refractivity contribution < 1.29 is 14.3 Å². The van der Waals surface area contributed by atoms with Gasteiger partial charge in [0.2, 0.25) is 5.91 Å². The molecule has 1 aliphatic rings. The van der Waals surface area contributed by atoms with Crippen molar-refractivity contribution >= 4 is 5.91 Å². The first-order chi connectivity index (χ1) is 11.0. The highest BCUT2D eigenvalue weighted by Crippen LogP contribution is 2.29. The predicted octanol–water partition coefficient (Wildman–Crippen LogP) is 2.31. The van der Waals surface area contributed by atoms with E-state index in [-0.39, 0.29) is 5.91 Å². The average molecular weight is 318 g/mol. The van der Waals surface area contributed by atoms with Crippen LogP contribution in [0.5, 0.6) is 11.5 Å². The molecule has 1 saturated heterocycles. The second-order valence-corrected chi connectivity index (χ2v) is 6.01. The van der Waals surface area contributed by atoms with Gasteiger partial charge in [-0.2, -0.15) is 0 Å². The minimum Gasteiger partial charge on any atom is -0.493 e. The molecule has 0 bridgehead atoms. The lowest BCUT2D eigenvalue weighted by Gasteiger charge is -2.34. The van der Waals surface area contributed by atoms with Crippen LogP contribution < -0.4 is 9.47 Å². The largest absolute Gasteiger partial charge is 0.493 e. The van der Waals surface area contributed by atoms with E-state index in [0.717, 1.165) is 49.8 Å². The lowest BCUT2D eigenvalue weighted by atomic mass is 10.1. The average Bonchev–Trinajstić information content (AvgIpc) is 2.53. The fraction of sp³-hybridized carbons (Fsp3) is 0.500. The van der Waals surface area contributed by atoms with Crippen LogP contribution >= 0.6 is 0 Å². The second-order valence-electron chi connectivity index (χ2n) is 6.01. The zero-order valence-electron chi connectivity index (χ0n) is 14.3. The molecular formula is C18H26N2O3. The molecule has 0 atom stereocenters. The number of amides is 1. The maximum absolute atomic E-state index is 11.4. The van der Waals surface area contributed by atoms with Gasteiger partial charge in [-0.25, -0.2) is 0 Å². The van der Waals surface area contributed by atoms with Crippen molar-refractivity contribution in [3.05, 3.63) is 35.9 Å². The monoisotopic (exact) mass is 318 g/mol. The normalized spacial score (nSPS) is 15.3. The number of benzene rings is 1. The van der Waals surface area contributed by atoms with Gasteiger partial charge in [-0.1, -0.05) is 12.6 Å². The zero-order valence-corrected chi connectivity index (χ0v) is 14.3. The summed E-state index contributed by atoms with van der Waals surface area (Å²) >= 11 is 0. The highest BCUT2D eigenvalue weighted by atomic mass is 16.5. The van der Waals surface area contributed by atoms with Crippen LogP contribution in [0, 0.1) is 0 Å². The van der Waals surface area contributed by atoms with Crippen molar-refractivity contribution in [2.75, 3.05) is 39.9 Å². The highest BCUT2D eigenvalue weighted by Gasteiger charge is 2.19. The molecule has 0 N–H and O–H groups in total. The molecule has 126 valence electrons. The van der Waals surface area contributed by atoms with Gasteiger partial charge in [0.15, 0.2) is 11.5 Å². The second kappa shape index (κ2) is 8.02. The maximum Gasteiger partial charge on any atom is 0.219 e. The van der Waals surface area contributed by atoms with Gasteiger partial charge < -0.3 is 14.4 Å². The molecule has 1 fully saturated rings. The summed E-state index contributed by atoms with van der Waals surface area (Å²) in [5.74, 6) is 1.64. The molecule has 0 aliphatic carbocycles. The molecule has 1 heterocycles. The molecule has 0 spiro atoms. The summed E-state index contributed by atoms with van der Waals surface area (Å²) in [7, 11) is 1.64. The lowest BCUT2D eigenvalue weighted by Crippen LogP contribution is -2.47. The molecule has 0 radical (unpaired) electrons. The quantitative estimate of drug-likeness (QED) is 0.755. The summed E-state index contributed by atoms with van der Waals surface area (Å²) in [5.41, 5.74) is 2.15. The van der Waals surface area contributed by atoms with Gasteiger partial charge in [0, 0.05) is 39.6 Å². The van der Waals surface area contributed by atoms with Gasteiger partial charge in [-0.3, -0.25) is 9.69 Å². The SMILES string of the molecule is C=C(C)COc1cc(CN2CCN(C(C)=O)CC2)ccc1OC. The maximum atomic E-state index is 11.4. The summed E-state index contributed by atoms with van der Waals surface area (Å²) in [6.45, 7) is 12.1. The Morgan fingerprint density at radius 1 is 1.17 bits per heavy atom. The van der Waals surface area contributed by atoms with Gasteiger partial charge in [-0.05, 0) is 30.2 Å². The topological polar surface area (TPSA) is 42.0 Å². The fourth-order valence-electron chi connectivity index (χ4n) is 2.61. The summed E-state index contributed by atoms with van der Waals surface area (Å²) in [5, 5.41) is 0. The van der Waals surface area contributed by atoms with Crippen LogP contribution in [-0.2, 0) is 11.3 Å². The minimum atomic E-state index is 0.157. The molecule has 5 heteroatoms. The Hall–Kier alpha value is -2.01. The number of hydrogen-bond donors (Lipinski definition) is 0. The van der Waals surface area contributed by atoms with E-state index in [1.54, 1.807) is 14.0 Å². The van der Waals surface area contributed by atoms with E-state index < -0.39 is 0 Å². The number of carbonyl (C=O) groups is 1. The Balaban J connectivity index is 1.99. The van der Waals surface area contributed by atoms with Crippen molar-refractivity contribution in [2.24, 2.45) is 0 Å². The zero-order chi connectivity index (χ0) is 16.8. The van der Waals surface area contributed by atoms with Crippen LogP contribution in [0.25, 0.3) is 0 Å². The predicted molar refractivity (Wildman–Crippen MR) is 90.8 cm³/mol. The van der Waals surface area contributed by atoms with Crippen molar-refractivity contribution in [3.63, 3.8) is 0 Å². The summed E-state index contributed by atoms with van der Waals surface area (Å²) in [6.07, 6.45) is 0. The van der Waals surface area contributed by atoms with E-state index >= 15 is 0 Å². The molecule has 2 rings (SSSR count). The van der Waals surface area contributed by atoms with Crippen molar-refractivity contribution in [1.29, 1.82) is 0 Å². The number of carbonyl (C=O) groups excluding carboxylic acids is 1. The molecular weight excluding hydrogens is 292 g/mol. The van der Waals surface area contributed by atoms with Crippen LogP contribution in [0.2, 0.25) is 0 Å². The van der Waals surface area contributed by atoms with Gasteiger partial charge in [-0.15, -0.1) is 0 Å². The number of nitrogens with zero attached hydrogens (tertiary/aromatic N) is 2. The number of ether oxygens (including phenoxy) is 2. The summed E-state index contributed by atoms with van der Waals surface area (Å²) in [6, 6.07) is 6.03. The Morgan fingerprint density at radius 2 is 1.87 bits per heavy atom. The van der Waals surface area contributed by atoms with E-state index in [1.807, 2.05) is 24.0 Å². The van der Waals surface area contributed by atoms with Crippen molar-refractivity contribution in [2.45, 2.75) is 20.4 Å². The molecule has 0 aromatic heterocycles. The Bertz CT molecular complexity index is 563. The highest BCUT2D eigenvalue weighted by molar-refractivity contribution is 5.73. The van der Waals surface area contributed by atoms with Crippen LogP contribution in [0.15, 0.2) is 30.4 Å². The number of hydrogen-bond acceptors (Lipinski definition) is 4. The molecule has 23 heavy (non-hydrogen) atoms.